The molecule has 2 nitrogen and oxygen atoms in total. The largest absolute Gasteiger partial charge is 0.311 e. The van der Waals surface area contributed by atoms with E-state index in [0.717, 1.165) is 6.54 Å². The first-order chi connectivity index (χ1) is 7.10. The minimum Gasteiger partial charge on any atom is -0.311 e. The first-order valence-corrected chi connectivity index (χ1v) is 7.47. The summed E-state index contributed by atoms with van der Waals surface area (Å²) in [6, 6.07) is 0.701. The molecule has 1 aliphatic heterocycles. The van der Waals surface area contributed by atoms with Gasteiger partial charge in [-0.15, -0.1) is 0 Å². The van der Waals surface area contributed by atoms with Gasteiger partial charge in [0.15, 0.2) is 0 Å². The van der Waals surface area contributed by atoms with E-state index in [4.69, 9.17) is 0 Å². The van der Waals surface area contributed by atoms with Gasteiger partial charge in [-0.3, -0.25) is 4.90 Å². The third-order valence-corrected chi connectivity index (χ3v) is 4.09. The Bertz CT molecular complexity index is 182. The van der Waals surface area contributed by atoms with Crippen LogP contribution in [0.1, 0.15) is 33.6 Å². The Morgan fingerprint density at radius 1 is 1.47 bits per heavy atom. The molecule has 1 aliphatic rings. The SMILES string of the molecule is CCC1CN(CCCSC)C(C)(C)CN1. The number of nitrogens with zero attached hydrogens (tertiary/aromatic N) is 1. The summed E-state index contributed by atoms with van der Waals surface area (Å²) in [6.45, 7) is 10.6. The molecule has 0 amide bonds. The highest BCUT2D eigenvalue weighted by Gasteiger charge is 2.32. The number of hydrogen-bond acceptors (Lipinski definition) is 3. The Kier molecular flexibility index (Phi) is 5.44. The molecule has 15 heavy (non-hydrogen) atoms. The Morgan fingerprint density at radius 2 is 2.20 bits per heavy atom. The fraction of sp³-hybridized carbons (Fsp3) is 1.00. The molecule has 0 saturated carbocycles. The van der Waals surface area contributed by atoms with Gasteiger partial charge in [0.2, 0.25) is 0 Å². The topological polar surface area (TPSA) is 15.3 Å². The van der Waals surface area contributed by atoms with E-state index in [0.29, 0.717) is 11.6 Å². The summed E-state index contributed by atoms with van der Waals surface area (Å²) in [5.41, 5.74) is 0.337. The highest BCUT2D eigenvalue weighted by molar-refractivity contribution is 7.98. The van der Waals surface area contributed by atoms with Crippen molar-refractivity contribution < 1.29 is 0 Å². The summed E-state index contributed by atoms with van der Waals surface area (Å²) in [6.07, 6.45) is 4.76. The second-order valence-electron chi connectivity index (χ2n) is 5.09. The molecule has 1 fully saturated rings. The van der Waals surface area contributed by atoms with Gasteiger partial charge in [-0.1, -0.05) is 6.92 Å². The fourth-order valence-electron chi connectivity index (χ4n) is 2.15. The Balaban J connectivity index is 2.41. The van der Waals surface area contributed by atoms with Crippen LogP contribution in [-0.2, 0) is 0 Å². The first-order valence-electron chi connectivity index (χ1n) is 6.07. The Hall–Kier alpha value is 0.270. The molecule has 1 atom stereocenters. The molecule has 1 N–H and O–H groups in total. The molecule has 0 radical (unpaired) electrons. The van der Waals surface area contributed by atoms with Gasteiger partial charge in [0.25, 0.3) is 0 Å². The molecular weight excluding hydrogens is 204 g/mol. The number of thioether (sulfide) groups is 1. The monoisotopic (exact) mass is 230 g/mol. The van der Waals surface area contributed by atoms with Gasteiger partial charge in [-0.2, -0.15) is 11.8 Å². The molecule has 0 aromatic carbocycles. The van der Waals surface area contributed by atoms with Crippen LogP contribution >= 0.6 is 11.8 Å². The van der Waals surface area contributed by atoms with E-state index in [1.165, 1.54) is 31.7 Å². The lowest BCUT2D eigenvalue weighted by atomic mass is 9.96. The first kappa shape index (κ1) is 13.3. The second kappa shape index (κ2) is 6.12. The van der Waals surface area contributed by atoms with E-state index in [9.17, 15) is 0 Å². The van der Waals surface area contributed by atoms with Gasteiger partial charge in [-0.25, -0.2) is 0 Å². The quantitative estimate of drug-likeness (QED) is 0.729. The molecule has 0 aliphatic carbocycles. The van der Waals surface area contributed by atoms with Crippen LogP contribution < -0.4 is 5.32 Å². The lowest BCUT2D eigenvalue weighted by molar-refractivity contribution is 0.0657. The molecule has 0 bridgehead atoms. The van der Waals surface area contributed by atoms with Crippen molar-refractivity contribution in [1.29, 1.82) is 0 Å². The van der Waals surface area contributed by atoms with Crippen molar-refractivity contribution >= 4 is 11.8 Å². The molecule has 1 heterocycles. The Labute approximate surface area is 99.2 Å². The summed E-state index contributed by atoms with van der Waals surface area (Å²) in [5, 5.41) is 3.63. The molecule has 90 valence electrons. The van der Waals surface area contributed by atoms with Gasteiger partial charge >= 0.3 is 0 Å². The second-order valence-corrected chi connectivity index (χ2v) is 6.08. The maximum atomic E-state index is 3.63. The maximum absolute atomic E-state index is 3.63. The summed E-state index contributed by atoms with van der Waals surface area (Å²) in [4.78, 5) is 2.66. The van der Waals surface area contributed by atoms with Gasteiger partial charge in [0.1, 0.15) is 0 Å². The van der Waals surface area contributed by atoms with Crippen LogP contribution in [0.4, 0.5) is 0 Å². The van der Waals surface area contributed by atoms with Crippen molar-refractivity contribution in [2.75, 3.05) is 31.6 Å². The van der Waals surface area contributed by atoms with Gasteiger partial charge < -0.3 is 5.32 Å². The van der Waals surface area contributed by atoms with Crippen LogP contribution in [0, 0.1) is 0 Å². The van der Waals surface area contributed by atoms with Crippen molar-refractivity contribution in [2.45, 2.75) is 45.2 Å². The zero-order chi connectivity index (χ0) is 11.3. The van der Waals surface area contributed by atoms with E-state index >= 15 is 0 Å². The van der Waals surface area contributed by atoms with E-state index in [-0.39, 0.29) is 0 Å². The molecule has 0 aromatic heterocycles. The zero-order valence-electron chi connectivity index (χ0n) is 10.7. The highest BCUT2D eigenvalue weighted by atomic mass is 32.2. The van der Waals surface area contributed by atoms with Crippen molar-refractivity contribution in [2.24, 2.45) is 0 Å². The lowest BCUT2D eigenvalue weighted by Crippen LogP contribution is -2.61. The molecule has 1 rings (SSSR count). The standard InChI is InChI=1S/C12H26N2S/c1-5-11-9-14(7-6-8-15-4)12(2,3)10-13-11/h11,13H,5-10H2,1-4H3. The molecular formula is C12H26N2S. The smallest absolute Gasteiger partial charge is 0.0278 e. The van der Waals surface area contributed by atoms with Crippen LogP contribution in [0.5, 0.6) is 0 Å². The highest BCUT2D eigenvalue weighted by Crippen LogP contribution is 2.20. The van der Waals surface area contributed by atoms with Crippen LogP contribution in [0.15, 0.2) is 0 Å². The normalized spacial score (nSPS) is 26.8. The van der Waals surface area contributed by atoms with Crippen molar-refractivity contribution in [1.82, 2.24) is 10.2 Å². The van der Waals surface area contributed by atoms with Crippen LogP contribution in [0.3, 0.4) is 0 Å². The summed E-state index contributed by atoms with van der Waals surface area (Å²) < 4.78 is 0. The van der Waals surface area contributed by atoms with E-state index in [1.807, 2.05) is 11.8 Å². The van der Waals surface area contributed by atoms with Gasteiger partial charge in [-0.05, 0) is 45.2 Å². The molecule has 1 saturated heterocycles. The van der Waals surface area contributed by atoms with Crippen LogP contribution in [-0.4, -0.2) is 48.1 Å². The number of hydrogen-bond donors (Lipinski definition) is 1. The van der Waals surface area contributed by atoms with Crippen LogP contribution in [0.25, 0.3) is 0 Å². The molecule has 1 unspecified atom stereocenters. The fourth-order valence-corrected chi connectivity index (χ4v) is 2.57. The minimum absolute atomic E-state index is 0.337. The van der Waals surface area contributed by atoms with Gasteiger partial charge in [0, 0.05) is 24.7 Å². The third kappa shape index (κ3) is 3.97. The van der Waals surface area contributed by atoms with Crippen molar-refractivity contribution in [3.05, 3.63) is 0 Å². The molecule has 3 heteroatoms. The Morgan fingerprint density at radius 3 is 2.80 bits per heavy atom. The van der Waals surface area contributed by atoms with E-state index in [1.54, 1.807) is 0 Å². The predicted octanol–water partition coefficient (Wildman–Crippen LogP) is 2.20. The lowest BCUT2D eigenvalue weighted by Gasteiger charge is -2.46. The third-order valence-electron chi connectivity index (χ3n) is 3.39. The predicted molar refractivity (Wildman–Crippen MR) is 70.7 cm³/mol. The van der Waals surface area contributed by atoms with Crippen molar-refractivity contribution in [3.63, 3.8) is 0 Å². The number of piperazine rings is 1. The summed E-state index contributed by atoms with van der Waals surface area (Å²) >= 11 is 1.95. The van der Waals surface area contributed by atoms with E-state index in [2.05, 4.69) is 37.2 Å². The summed E-state index contributed by atoms with van der Waals surface area (Å²) in [7, 11) is 0. The zero-order valence-corrected chi connectivity index (χ0v) is 11.5. The van der Waals surface area contributed by atoms with Gasteiger partial charge in [0.05, 0.1) is 0 Å². The molecule has 0 aromatic rings. The minimum atomic E-state index is 0.337. The number of nitrogens with one attached hydrogen (secondary N) is 1. The summed E-state index contributed by atoms with van der Waals surface area (Å²) in [5.74, 6) is 1.29. The molecule has 0 spiro atoms. The number of rotatable bonds is 5. The average molecular weight is 230 g/mol. The maximum Gasteiger partial charge on any atom is 0.0278 e. The van der Waals surface area contributed by atoms with E-state index < -0.39 is 0 Å². The average Bonchev–Trinajstić information content (AvgIpc) is 2.21. The van der Waals surface area contributed by atoms with Crippen LogP contribution in [0.2, 0.25) is 0 Å². The van der Waals surface area contributed by atoms with Crippen molar-refractivity contribution in [3.8, 4) is 0 Å².